The van der Waals surface area contributed by atoms with E-state index in [-0.39, 0.29) is 0 Å². The molecule has 0 radical (unpaired) electrons. The van der Waals surface area contributed by atoms with Gasteiger partial charge in [0.2, 0.25) is 0 Å². The summed E-state index contributed by atoms with van der Waals surface area (Å²) in [6, 6.07) is 28.4. The second kappa shape index (κ2) is 6.96. The van der Waals surface area contributed by atoms with Crippen LogP contribution in [0.3, 0.4) is 0 Å². The zero-order valence-electron chi connectivity index (χ0n) is 13.0. The summed E-state index contributed by atoms with van der Waals surface area (Å²) >= 11 is 0. The molecule has 0 unspecified atom stereocenters. The zero-order valence-corrected chi connectivity index (χ0v) is 13.9. The second-order valence-corrected chi connectivity index (χ2v) is 7.85. The van der Waals surface area contributed by atoms with Crippen LogP contribution >= 0.6 is 7.92 Å². The summed E-state index contributed by atoms with van der Waals surface area (Å²) in [4.78, 5) is 12.3. The number of rotatable bonds is 5. The minimum absolute atomic E-state index is 0.608. The topological polar surface area (TPSA) is 63.3 Å². The van der Waals surface area contributed by atoms with E-state index in [1.807, 2.05) is 78.9 Å². The molecule has 0 aromatic heterocycles. The van der Waals surface area contributed by atoms with Gasteiger partial charge < -0.3 is 10.8 Å². The number of carbonyl (C=O) groups is 1. The Hall–Kier alpha value is -2.48. The van der Waals surface area contributed by atoms with Crippen molar-refractivity contribution < 1.29 is 9.90 Å². The highest BCUT2D eigenvalue weighted by atomic mass is 31.1. The molecular formula is C20H18NO2P. The van der Waals surface area contributed by atoms with Crippen LogP contribution in [0.15, 0.2) is 91.0 Å². The third kappa shape index (κ3) is 2.96. The van der Waals surface area contributed by atoms with Crippen LogP contribution in [0.1, 0.15) is 5.56 Å². The van der Waals surface area contributed by atoms with Crippen LogP contribution in [0, 0.1) is 0 Å². The van der Waals surface area contributed by atoms with Crippen LogP contribution in [0.25, 0.3) is 0 Å². The van der Waals surface area contributed by atoms with E-state index >= 15 is 0 Å². The number of hydrogen-bond acceptors (Lipinski definition) is 2. The average Bonchev–Trinajstić information content (AvgIpc) is 2.64. The molecule has 3 N–H and O–H groups in total. The molecule has 3 nitrogen and oxygen atoms in total. The lowest BCUT2D eigenvalue weighted by molar-refractivity contribution is -0.140. The van der Waals surface area contributed by atoms with Gasteiger partial charge in [-0.2, -0.15) is 0 Å². The van der Waals surface area contributed by atoms with Crippen molar-refractivity contribution in [2.24, 2.45) is 5.73 Å². The van der Waals surface area contributed by atoms with Gasteiger partial charge >= 0.3 is 5.97 Å². The summed E-state index contributed by atoms with van der Waals surface area (Å²) in [5.41, 5.74) is 7.21. The Balaban J connectivity index is 2.25. The number of carboxylic acids is 1. The van der Waals surface area contributed by atoms with Crippen LogP contribution < -0.4 is 16.3 Å². The third-order valence-corrected chi connectivity index (χ3v) is 6.71. The average molecular weight is 335 g/mol. The molecule has 0 aliphatic rings. The molecule has 120 valence electrons. The van der Waals surface area contributed by atoms with Crippen molar-refractivity contribution in [2.45, 2.75) is 5.28 Å². The second-order valence-electron chi connectivity index (χ2n) is 5.44. The Bertz CT molecular complexity index is 769. The quantitative estimate of drug-likeness (QED) is 0.705. The number of carboxylic acid groups (broad SMARTS) is 1. The molecule has 0 spiro atoms. The van der Waals surface area contributed by atoms with Gasteiger partial charge in [-0.3, -0.25) is 0 Å². The Morgan fingerprint density at radius 1 is 0.750 bits per heavy atom. The molecule has 3 aromatic rings. The zero-order chi connectivity index (χ0) is 17.0. The van der Waals surface area contributed by atoms with Crippen molar-refractivity contribution in [3.63, 3.8) is 0 Å². The normalized spacial score (nSPS) is 13.4. The molecule has 3 aromatic carbocycles. The summed E-state index contributed by atoms with van der Waals surface area (Å²) in [6.07, 6.45) is 0. The minimum atomic E-state index is -1.50. The van der Waals surface area contributed by atoms with E-state index in [9.17, 15) is 9.90 Å². The number of aliphatic carboxylic acids is 1. The number of hydrogen-bond donors (Lipinski definition) is 2. The summed E-state index contributed by atoms with van der Waals surface area (Å²) < 4.78 is 0. The van der Waals surface area contributed by atoms with Crippen molar-refractivity contribution in [3.8, 4) is 0 Å². The lowest BCUT2D eigenvalue weighted by Gasteiger charge is -2.35. The summed E-state index contributed by atoms with van der Waals surface area (Å²) in [5, 5.41) is 10.4. The van der Waals surface area contributed by atoms with Crippen molar-refractivity contribution in [3.05, 3.63) is 96.6 Å². The van der Waals surface area contributed by atoms with E-state index in [1.165, 1.54) is 0 Å². The highest BCUT2D eigenvalue weighted by Gasteiger charge is 2.45. The van der Waals surface area contributed by atoms with Gasteiger partial charge in [-0.1, -0.05) is 91.0 Å². The van der Waals surface area contributed by atoms with Gasteiger partial charge in [0.05, 0.1) is 0 Å². The predicted molar refractivity (Wildman–Crippen MR) is 99.0 cm³/mol. The highest BCUT2D eigenvalue weighted by molar-refractivity contribution is 7.74. The molecule has 0 bridgehead atoms. The summed E-state index contributed by atoms with van der Waals surface area (Å²) in [6.45, 7) is 0. The Morgan fingerprint density at radius 3 is 1.50 bits per heavy atom. The standard InChI is InChI=1S/C20H18NO2P/c21-20(19(22)23,16-10-4-1-5-11-16)24(17-12-6-2-7-13-17)18-14-8-3-9-15-18/h1-15H,21H2,(H,22,23)/t20-/m1/s1. The van der Waals surface area contributed by atoms with Crippen LogP contribution in [0.4, 0.5) is 0 Å². The van der Waals surface area contributed by atoms with Crippen molar-refractivity contribution in [1.82, 2.24) is 0 Å². The fourth-order valence-electron chi connectivity index (χ4n) is 2.75. The first-order valence-corrected chi connectivity index (χ1v) is 8.96. The van der Waals surface area contributed by atoms with Crippen LogP contribution in [-0.2, 0) is 10.1 Å². The van der Waals surface area contributed by atoms with Crippen molar-refractivity contribution >= 4 is 24.5 Å². The molecule has 24 heavy (non-hydrogen) atoms. The molecule has 0 amide bonds. The monoisotopic (exact) mass is 335 g/mol. The maximum atomic E-state index is 12.3. The van der Waals surface area contributed by atoms with Crippen LogP contribution in [0.5, 0.6) is 0 Å². The van der Waals surface area contributed by atoms with E-state index in [0.29, 0.717) is 5.56 Å². The van der Waals surface area contributed by atoms with Gasteiger partial charge in [-0.15, -0.1) is 0 Å². The van der Waals surface area contributed by atoms with Gasteiger partial charge in [0, 0.05) is 0 Å². The van der Waals surface area contributed by atoms with Crippen LogP contribution in [0.2, 0.25) is 0 Å². The van der Waals surface area contributed by atoms with E-state index in [0.717, 1.165) is 10.6 Å². The molecule has 0 aliphatic heterocycles. The molecule has 0 saturated heterocycles. The SMILES string of the molecule is N[C@](C(=O)O)(c1ccccc1)P(c1ccccc1)c1ccccc1. The molecule has 0 aliphatic carbocycles. The first kappa shape index (κ1) is 16.4. The smallest absolute Gasteiger partial charge is 0.333 e. The van der Waals surface area contributed by atoms with Gasteiger partial charge in [0.15, 0.2) is 5.28 Å². The van der Waals surface area contributed by atoms with Gasteiger partial charge in [0.1, 0.15) is 0 Å². The number of nitrogens with two attached hydrogens (primary N) is 1. The summed E-state index contributed by atoms with van der Waals surface area (Å²) in [7, 11) is -1.33. The fourth-order valence-corrected chi connectivity index (χ4v) is 5.40. The highest BCUT2D eigenvalue weighted by Crippen LogP contribution is 2.51. The van der Waals surface area contributed by atoms with E-state index in [4.69, 9.17) is 5.73 Å². The van der Waals surface area contributed by atoms with Gasteiger partial charge in [0.25, 0.3) is 0 Å². The first-order chi connectivity index (χ1) is 11.6. The van der Waals surface area contributed by atoms with E-state index in [2.05, 4.69) is 0 Å². The maximum Gasteiger partial charge on any atom is 0.333 e. The lowest BCUT2D eigenvalue weighted by atomic mass is 10.1. The van der Waals surface area contributed by atoms with E-state index < -0.39 is 19.2 Å². The molecule has 0 heterocycles. The molecule has 1 atom stereocenters. The molecule has 3 rings (SSSR count). The largest absolute Gasteiger partial charge is 0.479 e. The molecular weight excluding hydrogens is 317 g/mol. The predicted octanol–water partition coefficient (Wildman–Crippen LogP) is 3.02. The van der Waals surface area contributed by atoms with Gasteiger partial charge in [-0.05, 0) is 24.1 Å². The van der Waals surface area contributed by atoms with Crippen molar-refractivity contribution in [2.75, 3.05) is 0 Å². The fraction of sp³-hybridized carbons (Fsp3) is 0.0500. The minimum Gasteiger partial charge on any atom is -0.479 e. The Kier molecular flexibility index (Phi) is 4.75. The van der Waals surface area contributed by atoms with E-state index in [1.54, 1.807) is 12.1 Å². The van der Waals surface area contributed by atoms with Crippen molar-refractivity contribution in [1.29, 1.82) is 0 Å². The first-order valence-electron chi connectivity index (χ1n) is 7.62. The lowest BCUT2D eigenvalue weighted by Crippen LogP contribution is -2.47. The molecule has 0 saturated carbocycles. The Labute approximate surface area is 142 Å². The summed E-state index contributed by atoms with van der Waals surface area (Å²) in [5.74, 6) is -1.02. The molecule has 4 heteroatoms. The Morgan fingerprint density at radius 2 is 1.12 bits per heavy atom. The molecule has 0 fully saturated rings. The number of benzene rings is 3. The van der Waals surface area contributed by atoms with Gasteiger partial charge in [-0.25, -0.2) is 4.79 Å². The maximum absolute atomic E-state index is 12.3. The third-order valence-electron chi connectivity index (χ3n) is 3.92. The van der Waals surface area contributed by atoms with Crippen LogP contribution in [-0.4, -0.2) is 11.1 Å².